The van der Waals surface area contributed by atoms with Gasteiger partial charge in [-0.25, -0.2) is 0 Å². The highest BCUT2D eigenvalue weighted by molar-refractivity contribution is 5.13. The third kappa shape index (κ3) is 3.17. The van der Waals surface area contributed by atoms with E-state index >= 15 is 0 Å². The zero-order valence-corrected chi connectivity index (χ0v) is 12.7. The van der Waals surface area contributed by atoms with Crippen molar-refractivity contribution in [3.8, 4) is 0 Å². The van der Waals surface area contributed by atoms with Crippen molar-refractivity contribution >= 4 is 0 Å². The third-order valence-corrected chi connectivity index (χ3v) is 3.87. The van der Waals surface area contributed by atoms with E-state index in [1.54, 1.807) is 0 Å². The lowest BCUT2D eigenvalue weighted by Crippen LogP contribution is -2.40. The first-order chi connectivity index (χ1) is 10.5. The van der Waals surface area contributed by atoms with Crippen LogP contribution in [0.15, 0.2) is 30.3 Å². The number of aliphatic hydroxyl groups excluding tert-OH is 2. The van der Waals surface area contributed by atoms with Gasteiger partial charge < -0.3 is 29.2 Å². The third-order valence-electron chi connectivity index (χ3n) is 3.87. The van der Waals surface area contributed by atoms with Crippen LogP contribution in [0, 0.1) is 0 Å². The number of fused-ring (bicyclic) bond motifs is 1. The molecule has 122 valence electrons. The van der Waals surface area contributed by atoms with Gasteiger partial charge in [0, 0.05) is 0 Å². The summed E-state index contributed by atoms with van der Waals surface area (Å²) in [5.41, 5.74) is 1.02. The predicted molar refractivity (Wildman–Crippen MR) is 76.8 cm³/mol. The van der Waals surface area contributed by atoms with Crippen LogP contribution in [0.1, 0.15) is 19.4 Å². The monoisotopic (exact) mass is 310 g/mol. The van der Waals surface area contributed by atoms with E-state index in [9.17, 15) is 10.2 Å². The number of rotatable bonds is 5. The summed E-state index contributed by atoms with van der Waals surface area (Å²) >= 11 is 0. The van der Waals surface area contributed by atoms with Gasteiger partial charge in [0.2, 0.25) is 0 Å². The highest BCUT2D eigenvalue weighted by Crippen LogP contribution is 2.40. The Labute approximate surface area is 129 Å². The fourth-order valence-corrected chi connectivity index (χ4v) is 2.89. The molecule has 1 aromatic carbocycles. The van der Waals surface area contributed by atoms with Crippen molar-refractivity contribution in [2.24, 2.45) is 0 Å². The highest BCUT2D eigenvalue weighted by Gasteiger charge is 2.57. The predicted octanol–water partition coefficient (Wildman–Crippen LogP) is 0.801. The topological polar surface area (TPSA) is 77.4 Å². The van der Waals surface area contributed by atoms with Crippen LogP contribution < -0.4 is 0 Å². The minimum absolute atomic E-state index is 0.375. The molecule has 0 radical (unpaired) electrons. The lowest BCUT2D eigenvalue weighted by Gasteiger charge is -2.25. The molecule has 1 aromatic rings. The fourth-order valence-electron chi connectivity index (χ4n) is 2.89. The van der Waals surface area contributed by atoms with Crippen molar-refractivity contribution in [1.82, 2.24) is 0 Å². The lowest BCUT2D eigenvalue weighted by molar-refractivity contribution is -0.247. The van der Waals surface area contributed by atoms with Crippen molar-refractivity contribution < 1.29 is 29.2 Å². The average molecular weight is 310 g/mol. The summed E-state index contributed by atoms with van der Waals surface area (Å²) in [5, 5.41) is 19.1. The lowest BCUT2D eigenvalue weighted by atomic mass is 10.1. The Hall–Kier alpha value is -1.02. The van der Waals surface area contributed by atoms with E-state index in [4.69, 9.17) is 18.9 Å². The van der Waals surface area contributed by atoms with E-state index in [1.807, 2.05) is 44.2 Å². The molecular formula is C16H22O6. The van der Waals surface area contributed by atoms with E-state index in [-0.39, 0.29) is 0 Å². The van der Waals surface area contributed by atoms with Crippen LogP contribution in [-0.2, 0) is 25.6 Å². The Morgan fingerprint density at radius 3 is 2.55 bits per heavy atom. The Balaban J connectivity index is 1.69. The molecule has 2 aliphatic rings. The minimum Gasteiger partial charge on any atom is -0.394 e. The zero-order chi connectivity index (χ0) is 15.7. The number of aliphatic hydroxyl groups is 2. The molecule has 6 heteroatoms. The van der Waals surface area contributed by atoms with Gasteiger partial charge in [-0.2, -0.15) is 0 Å². The van der Waals surface area contributed by atoms with Crippen LogP contribution in [0.3, 0.4) is 0 Å². The summed E-state index contributed by atoms with van der Waals surface area (Å²) in [5.74, 6) is -0.763. The normalized spacial score (nSPS) is 34.5. The molecule has 0 bridgehead atoms. The summed E-state index contributed by atoms with van der Waals surface area (Å²) in [6.07, 6.45) is -3.23. The van der Waals surface area contributed by atoms with E-state index in [1.165, 1.54) is 0 Å². The number of hydrogen-bond acceptors (Lipinski definition) is 6. The van der Waals surface area contributed by atoms with Gasteiger partial charge in [0.25, 0.3) is 0 Å². The molecule has 22 heavy (non-hydrogen) atoms. The van der Waals surface area contributed by atoms with Crippen LogP contribution >= 0.6 is 0 Å². The maximum atomic E-state index is 9.91. The van der Waals surface area contributed by atoms with Gasteiger partial charge >= 0.3 is 0 Å². The van der Waals surface area contributed by atoms with Gasteiger partial charge in [0.1, 0.15) is 24.4 Å². The highest BCUT2D eigenvalue weighted by atomic mass is 16.8. The molecule has 6 nitrogen and oxygen atoms in total. The van der Waals surface area contributed by atoms with Crippen molar-refractivity contribution in [2.45, 2.75) is 56.9 Å². The van der Waals surface area contributed by atoms with Crippen LogP contribution in [0.4, 0.5) is 0 Å². The van der Waals surface area contributed by atoms with Gasteiger partial charge in [-0.1, -0.05) is 30.3 Å². The number of ether oxygens (including phenoxy) is 4. The smallest absolute Gasteiger partial charge is 0.187 e. The quantitative estimate of drug-likeness (QED) is 0.838. The Bertz CT molecular complexity index is 491. The van der Waals surface area contributed by atoms with Gasteiger partial charge in [0.05, 0.1) is 13.2 Å². The minimum atomic E-state index is -1.03. The molecule has 0 saturated carbocycles. The maximum absolute atomic E-state index is 9.91. The molecule has 0 aromatic heterocycles. The summed E-state index contributed by atoms with van der Waals surface area (Å²) in [4.78, 5) is 0. The molecule has 0 spiro atoms. The van der Waals surface area contributed by atoms with E-state index in [0.29, 0.717) is 6.61 Å². The van der Waals surface area contributed by atoms with Crippen LogP contribution in [0.5, 0.6) is 0 Å². The van der Waals surface area contributed by atoms with Crippen LogP contribution in [0.25, 0.3) is 0 Å². The summed E-state index contributed by atoms with van der Waals surface area (Å²) in [7, 11) is 0. The summed E-state index contributed by atoms with van der Waals surface area (Å²) < 4.78 is 23.1. The number of benzene rings is 1. The summed E-state index contributed by atoms with van der Waals surface area (Å²) in [6, 6.07) is 9.74. The van der Waals surface area contributed by atoms with Crippen molar-refractivity contribution in [3.05, 3.63) is 35.9 Å². The Morgan fingerprint density at radius 1 is 1.18 bits per heavy atom. The average Bonchev–Trinajstić information content (AvgIpc) is 2.99. The maximum Gasteiger partial charge on any atom is 0.187 e. The zero-order valence-electron chi connectivity index (χ0n) is 12.7. The molecule has 5 atom stereocenters. The molecule has 2 N–H and O–H groups in total. The Kier molecular flexibility index (Phi) is 4.49. The molecule has 2 heterocycles. The molecule has 3 rings (SSSR count). The second-order valence-electron chi connectivity index (χ2n) is 6.08. The first-order valence-electron chi connectivity index (χ1n) is 7.46. The van der Waals surface area contributed by atoms with Crippen LogP contribution in [-0.4, -0.2) is 53.3 Å². The first-order valence-corrected chi connectivity index (χ1v) is 7.46. The molecule has 0 amide bonds. The molecule has 0 aliphatic carbocycles. The second-order valence-corrected chi connectivity index (χ2v) is 6.08. The van der Waals surface area contributed by atoms with Crippen molar-refractivity contribution in [1.29, 1.82) is 0 Å². The first kappa shape index (κ1) is 15.9. The van der Waals surface area contributed by atoms with Gasteiger partial charge in [-0.15, -0.1) is 0 Å². The van der Waals surface area contributed by atoms with Crippen LogP contribution in [0.2, 0.25) is 0 Å². The van der Waals surface area contributed by atoms with Crippen molar-refractivity contribution in [2.75, 3.05) is 6.61 Å². The molecular weight excluding hydrogens is 288 g/mol. The summed E-state index contributed by atoms with van der Waals surface area (Å²) in [6.45, 7) is 3.59. The molecule has 2 fully saturated rings. The van der Waals surface area contributed by atoms with Gasteiger partial charge in [-0.3, -0.25) is 0 Å². The Morgan fingerprint density at radius 2 is 1.86 bits per heavy atom. The standard InChI is InChI=1S/C16H22O6/c1-16(2)21-13-12(11(18)8-17)20-15(14(13)22-16)19-9-10-6-4-3-5-7-10/h3-7,11-15,17-18H,8-9H2,1-2H3/t11-,12-,13-,14-,15-/m0/s1. The molecule has 0 unspecified atom stereocenters. The van der Waals surface area contributed by atoms with E-state index in [0.717, 1.165) is 5.56 Å². The molecule has 2 aliphatic heterocycles. The largest absolute Gasteiger partial charge is 0.394 e. The SMILES string of the molecule is CC1(C)O[C@@H]2[C@H](O1)[C@@H](OCc1ccccc1)O[C@H]2[C@@H](O)CO. The molecule has 2 saturated heterocycles. The van der Waals surface area contributed by atoms with Gasteiger partial charge in [-0.05, 0) is 19.4 Å². The number of hydrogen-bond donors (Lipinski definition) is 2. The van der Waals surface area contributed by atoms with E-state index in [2.05, 4.69) is 0 Å². The second kappa shape index (κ2) is 6.23. The fraction of sp³-hybridized carbons (Fsp3) is 0.625. The van der Waals surface area contributed by atoms with Gasteiger partial charge in [0.15, 0.2) is 12.1 Å². The van der Waals surface area contributed by atoms with Crippen molar-refractivity contribution in [3.63, 3.8) is 0 Å². The van der Waals surface area contributed by atoms with E-state index < -0.39 is 43.1 Å².